The van der Waals surface area contributed by atoms with E-state index in [1.54, 1.807) is 12.3 Å². The van der Waals surface area contributed by atoms with Gasteiger partial charge in [0.25, 0.3) is 0 Å². The van der Waals surface area contributed by atoms with Gasteiger partial charge in [-0.2, -0.15) is 0 Å². The molecule has 1 amide bonds. The molecule has 176 valence electrons. The van der Waals surface area contributed by atoms with Crippen molar-refractivity contribution in [2.24, 2.45) is 0 Å². The Morgan fingerprint density at radius 2 is 1.85 bits per heavy atom. The summed E-state index contributed by atoms with van der Waals surface area (Å²) in [5, 5.41) is 15.4. The number of carbonyl (C=O) groups excluding carboxylic acids is 2. The Morgan fingerprint density at radius 1 is 1.09 bits per heavy atom. The molecule has 0 radical (unpaired) electrons. The minimum absolute atomic E-state index is 0.0315. The summed E-state index contributed by atoms with van der Waals surface area (Å²) in [6.45, 7) is 3.77. The van der Waals surface area contributed by atoms with Gasteiger partial charge in [0.05, 0.1) is 18.3 Å². The standard InChI is InChI=1S/C27H27NO6/c1-3-4-10-22(26(30)31)28-25(29)12-11-18-16(2)19-13-20-21(17-8-6-5-7-9-17)15-33-23(20)14-24(19)34-27(18)32/h5-9,13-15,22H,3-4,10-12H2,1-2H3,(H,28,29)(H,30,31)/p-1/t22-/m0/s1. The van der Waals surface area contributed by atoms with Gasteiger partial charge in [0.1, 0.15) is 11.2 Å². The fourth-order valence-corrected chi connectivity index (χ4v) is 4.20. The van der Waals surface area contributed by atoms with Gasteiger partial charge in [0.2, 0.25) is 5.91 Å². The van der Waals surface area contributed by atoms with Gasteiger partial charge in [-0.1, -0.05) is 50.1 Å². The first kappa shape index (κ1) is 23.3. The first-order valence-corrected chi connectivity index (χ1v) is 11.4. The van der Waals surface area contributed by atoms with Gasteiger partial charge in [-0.25, -0.2) is 4.79 Å². The molecule has 0 spiro atoms. The molecule has 0 saturated heterocycles. The van der Waals surface area contributed by atoms with E-state index in [4.69, 9.17) is 8.83 Å². The number of fused-ring (bicyclic) bond motifs is 2. The molecule has 0 aliphatic heterocycles. The number of carbonyl (C=O) groups is 2. The number of nitrogens with one attached hydrogen (secondary N) is 1. The van der Waals surface area contributed by atoms with Crippen LogP contribution < -0.4 is 16.0 Å². The maximum Gasteiger partial charge on any atom is 0.339 e. The van der Waals surface area contributed by atoms with E-state index in [0.717, 1.165) is 33.9 Å². The van der Waals surface area contributed by atoms with E-state index >= 15 is 0 Å². The van der Waals surface area contributed by atoms with Crippen molar-refractivity contribution in [3.8, 4) is 11.1 Å². The van der Waals surface area contributed by atoms with E-state index in [9.17, 15) is 19.5 Å². The zero-order valence-electron chi connectivity index (χ0n) is 19.2. The average Bonchev–Trinajstić information content (AvgIpc) is 3.23. The van der Waals surface area contributed by atoms with Gasteiger partial charge in [-0.15, -0.1) is 0 Å². The van der Waals surface area contributed by atoms with E-state index in [1.165, 1.54) is 0 Å². The van der Waals surface area contributed by atoms with Gasteiger partial charge < -0.3 is 24.1 Å². The largest absolute Gasteiger partial charge is 0.548 e. The lowest BCUT2D eigenvalue weighted by Gasteiger charge is -2.19. The highest BCUT2D eigenvalue weighted by Crippen LogP contribution is 2.34. The van der Waals surface area contributed by atoms with Crippen molar-refractivity contribution < 1.29 is 23.5 Å². The minimum atomic E-state index is -1.30. The number of carboxylic acid groups (broad SMARTS) is 1. The number of rotatable bonds is 9. The lowest BCUT2D eigenvalue weighted by Crippen LogP contribution is -2.47. The molecule has 0 bridgehead atoms. The predicted octanol–water partition coefficient (Wildman–Crippen LogP) is 3.87. The molecule has 4 rings (SSSR count). The van der Waals surface area contributed by atoms with Crippen LogP contribution in [0.4, 0.5) is 0 Å². The molecule has 2 heterocycles. The molecule has 2 aromatic carbocycles. The highest BCUT2D eigenvalue weighted by molar-refractivity contribution is 6.02. The molecule has 0 aliphatic rings. The third kappa shape index (κ3) is 4.73. The molecule has 2 aromatic heterocycles. The molecular formula is C27H26NO6-. The van der Waals surface area contributed by atoms with E-state index in [-0.39, 0.29) is 12.8 Å². The maximum absolute atomic E-state index is 12.7. The van der Waals surface area contributed by atoms with Gasteiger partial charge in [-0.05, 0) is 37.0 Å². The molecule has 1 atom stereocenters. The average molecular weight is 461 g/mol. The summed E-state index contributed by atoms with van der Waals surface area (Å²) in [6.07, 6.45) is 3.58. The molecule has 0 saturated carbocycles. The number of benzene rings is 2. The monoisotopic (exact) mass is 460 g/mol. The SMILES string of the molecule is CCCC[C@H](NC(=O)CCc1c(C)c2cc3c(-c4ccccc4)coc3cc2oc1=O)C(=O)[O-]. The summed E-state index contributed by atoms with van der Waals surface area (Å²) in [4.78, 5) is 36.3. The Kier molecular flexibility index (Phi) is 6.82. The van der Waals surface area contributed by atoms with Crippen molar-refractivity contribution in [1.82, 2.24) is 5.32 Å². The molecule has 0 fully saturated rings. The van der Waals surface area contributed by atoms with Crippen LogP contribution in [0.2, 0.25) is 0 Å². The minimum Gasteiger partial charge on any atom is -0.548 e. The Hall–Kier alpha value is -3.87. The van der Waals surface area contributed by atoms with Crippen LogP contribution in [0.5, 0.6) is 0 Å². The van der Waals surface area contributed by atoms with Crippen molar-refractivity contribution in [2.45, 2.75) is 52.0 Å². The van der Waals surface area contributed by atoms with Crippen molar-refractivity contribution in [1.29, 1.82) is 0 Å². The number of hydrogen-bond donors (Lipinski definition) is 1. The summed E-state index contributed by atoms with van der Waals surface area (Å²) in [7, 11) is 0. The Labute approximate surface area is 196 Å². The topological polar surface area (TPSA) is 113 Å². The lowest BCUT2D eigenvalue weighted by atomic mass is 9.99. The van der Waals surface area contributed by atoms with Crippen molar-refractivity contribution in [3.63, 3.8) is 0 Å². The van der Waals surface area contributed by atoms with Gasteiger partial charge in [0, 0.05) is 34.4 Å². The molecule has 7 nitrogen and oxygen atoms in total. The number of amides is 1. The summed E-state index contributed by atoms with van der Waals surface area (Å²) < 4.78 is 11.3. The van der Waals surface area contributed by atoms with Crippen molar-refractivity contribution in [2.75, 3.05) is 0 Å². The second-order valence-corrected chi connectivity index (χ2v) is 8.43. The highest BCUT2D eigenvalue weighted by atomic mass is 16.4. The summed E-state index contributed by atoms with van der Waals surface area (Å²) in [6, 6.07) is 12.5. The molecule has 0 aliphatic carbocycles. The third-order valence-electron chi connectivity index (χ3n) is 6.13. The van der Waals surface area contributed by atoms with Crippen LogP contribution in [0.15, 0.2) is 62.4 Å². The van der Waals surface area contributed by atoms with Crippen LogP contribution in [0.25, 0.3) is 33.1 Å². The molecule has 7 heteroatoms. The summed E-state index contributed by atoms with van der Waals surface area (Å²) >= 11 is 0. The zero-order chi connectivity index (χ0) is 24.2. The van der Waals surface area contributed by atoms with Crippen LogP contribution in [0.3, 0.4) is 0 Å². The number of carboxylic acids is 1. The fourth-order valence-electron chi connectivity index (χ4n) is 4.20. The predicted molar refractivity (Wildman–Crippen MR) is 127 cm³/mol. The molecule has 0 unspecified atom stereocenters. The van der Waals surface area contributed by atoms with Gasteiger partial charge >= 0.3 is 5.63 Å². The molecule has 4 aromatic rings. The molecule has 1 N–H and O–H groups in total. The van der Waals surface area contributed by atoms with Crippen molar-refractivity contribution in [3.05, 3.63) is 70.3 Å². The van der Waals surface area contributed by atoms with Crippen LogP contribution in [0.1, 0.15) is 43.7 Å². The van der Waals surface area contributed by atoms with Crippen LogP contribution in [-0.2, 0) is 16.0 Å². The molecular weight excluding hydrogens is 434 g/mol. The smallest absolute Gasteiger partial charge is 0.339 e. The van der Waals surface area contributed by atoms with E-state index in [1.807, 2.05) is 50.2 Å². The first-order valence-electron chi connectivity index (χ1n) is 11.4. The van der Waals surface area contributed by atoms with Crippen molar-refractivity contribution >= 4 is 33.8 Å². The Morgan fingerprint density at radius 3 is 2.56 bits per heavy atom. The van der Waals surface area contributed by atoms with Crippen LogP contribution >= 0.6 is 0 Å². The molecule has 34 heavy (non-hydrogen) atoms. The maximum atomic E-state index is 12.7. The number of hydrogen-bond acceptors (Lipinski definition) is 6. The fraction of sp³-hybridized carbons (Fsp3) is 0.296. The number of unbranched alkanes of at least 4 members (excludes halogenated alkanes) is 1. The van der Waals surface area contributed by atoms with Crippen LogP contribution in [-0.4, -0.2) is 17.9 Å². The second-order valence-electron chi connectivity index (χ2n) is 8.43. The third-order valence-corrected chi connectivity index (χ3v) is 6.13. The summed E-state index contributed by atoms with van der Waals surface area (Å²) in [5.74, 6) is -1.75. The zero-order valence-corrected chi connectivity index (χ0v) is 19.2. The first-order chi connectivity index (χ1) is 16.4. The van der Waals surface area contributed by atoms with Crippen LogP contribution in [0, 0.1) is 6.92 Å². The van der Waals surface area contributed by atoms with Gasteiger partial charge in [0.15, 0.2) is 0 Å². The number of furan rings is 1. The van der Waals surface area contributed by atoms with Gasteiger partial charge in [-0.3, -0.25) is 4.79 Å². The number of aliphatic carboxylic acids is 1. The van der Waals surface area contributed by atoms with E-state index in [2.05, 4.69) is 5.32 Å². The highest BCUT2D eigenvalue weighted by Gasteiger charge is 2.18. The normalized spacial score (nSPS) is 12.2. The Balaban J connectivity index is 1.62. The van der Waals surface area contributed by atoms with E-state index < -0.39 is 23.5 Å². The second kappa shape index (κ2) is 9.95. The number of aryl methyl sites for hydroxylation is 1. The van der Waals surface area contributed by atoms with E-state index in [0.29, 0.717) is 29.6 Å². The quantitative estimate of drug-likeness (QED) is 0.380. The lowest BCUT2D eigenvalue weighted by molar-refractivity contribution is -0.308. The Bertz CT molecular complexity index is 1400. The summed E-state index contributed by atoms with van der Waals surface area (Å²) in [5.41, 5.74) is 3.57.